The first kappa shape index (κ1) is 19.2. The maximum atomic E-state index is 13.1. The number of nitrogens with zero attached hydrogens (tertiary/aromatic N) is 1. The molecular weight excluding hydrogens is 347 g/mol. The van der Waals surface area contributed by atoms with Gasteiger partial charge in [0.05, 0.1) is 25.8 Å². The summed E-state index contributed by atoms with van der Waals surface area (Å²) in [7, 11) is 3.16. The van der Waals surface area contributed by atoms with Gasteiger partial charge in [-0.05, 0) is 49.2 Å². The van der Waals surface area contributed by atoms with Crippen LogP contribution in [-0.4, -0.2) is 38.1 Å². The Hall–Kier alpha value is -2.60. The van der Waals surface area contributed by atoms with E-state index in [4.69, 9.17) is 9.47 Å². The molecule has 0 aliphatic carbocycles. The fourth-order valence-corrected chi connectivity index (χ4v) is 3.41. The molecule has 1 heterocycles. The Labute approximate surface area is 159 Å². The van der Waals surface area contributed by atoms with E-state index in [2.05, 4.69) is 10.2 Å². The van der Waals surface area contributed by atoms with Crippen LogP contribution in [0.2, 0.25) is 0 Å². The molecule has 1 fully saturated rings. The number of anilines is 1. The molecule has 1 atom stereocenters. The summed E-state index contributed by atoms with van der Waals surface area (Å²) in [5, 5.41) is 2.98. The van der Waals surface area contributed by atoms with Gasteiger partial charge in [-0.15, -0.1) is 0 Å². The molecule has 0 aromatic heterocycles. The van der Waals surface area contributed by atoms with Crippen LogP contribution in [0.5, 0.6) is 11.5 Å². The van der Waals surface area contributed by atoms with E-state index in [-0.39, 0.29) is 17.6 Å². The molecule has 0 unspecified atom stereocenters. The standard InChI is InChI=1S/C21H25FN2O3/c1-26-18-9-10-20(27-2)19(12-18)23-21(25)16-4-3-11-24(14-16)13-15-5-7-17(22)8-6-15/h5-10,12,16H,3-4,11,13-14H2,1-2H3,(H,23,25)/t16-/m1/s1. The number of rotatable bonds is 6. The third-order valence-electron chi connectivity index (χ3n) is 4.86. The van der Waals surface area contributed by atoms with E-state index in [0.717, 1.165) is 24.9 Å². The minimum absolute atomic E-state index is 0.0228. The molecule has 27 heavy (non-hydrogen) atoms. The number of amides is 1. The maximum absolute atomic E-state index is 13.1. The lowest BCUT2D eigenvalue weighted by atomic mass is 9.96. The van der Waals surface area contributed by atoms with E-state index in [1.165, 1.54) is 12.1 Å². The predicted octanol–water partition coefficient (Wildman–Crippen LogP) is 3.69. The molecule has 144 valence electrons. The van der Waals surface area contributed by atoms with Gasteiger partial charge in [-0.3, -0.25) is 9.69 Å². The van der Waals surface area contributed by atoms with Gasteiger partial charge in [-0.1, -0.05) is 12.1 Å². The summed E-state index contributed by atoms with van der Waals surface area (Å²) in [4.78, 5) is 15.0. The molecule has 5 nitrogen and oxygen atoms in total. The summed E-state index contributed by atoms with van der Waals surface area (Å²) in [5.74, 6) is 0.901. The number of methoxy groups -OCH3 is 2. The number of hydrogen-bond donors (Lipinski definition) is 1. The van der Waals surface area contributed by atoms with Gasteiger partial charge in [0.15, 0.2) is 0 Å². The normalized spacial score (nSPS) is 17.4. The van der Waals surface area contributed by atoms with E-state index >= 15 is 0 Å². The largest absolute Gasteiger partial charge is 0.497 e. The van der Waals surface area contributed by atoms with Crippen LogP contribution < -0.4 is 14.8 Å². The van der Waals surface area contributed by atoms with Crippen LogP contribution >= 0.6 is 0 Å². The fourth-order valence-electron chi connectivity index (χ4n) is 3.41. The van der Waals surface area contributed by atoms with Crippen molar-refractivity contribution in [3.05, 3.63) is 53.8 Å². The monoisotopic (exact) mass is 372 g/mol. The molecule has 2 aromatic rings. The lowest BCUT2D eigenvalue weighted by Crippen LogP contribution is -2.40. The Kier molecular flexibility index (Phi) is 6.29. The molecule has 1 saturated heterocycles. The number of carbonyl (C=O) groups excluding carboxylic acids is 1. The van der Waals surface area contributed by atoms with Crippen LogP contribution in [0.4, 0.5) is 10.1 Å². The van der Waals surface area contributed by atoms with Crippen molar-refractivity contribution in [3.8, 4) is 11.5 Å². The van der Waals surface area contributed by atoms with Crippen LogP contribution in [0, 0.1) is 11.7 Å². The highest BCUT2D eigenvalue weighted by molar-refractivity contribution is 5.94. The van der Waals surface area contributed by atoms with Crippen molar-refractivity contribution in [1.82, 2.24) is 4.90 Å². The first-order valence-corrected chi connectivity index (χ1v) is 9.08. The average Bonchev–Trinajstić information content (AvgIpc) is 2.70. The van der Waals surface area contributed by atoms with Crippen molar-refractivity contribution in [2.75, 3.05) is 32.6 Å². The van der Waals surface area contributed by atoms with E-state index in [1.54, 1.807) is 44.6 Å². The molecule has 3 rings (SSSR count). The zero-order valence-corrected chi connectivity index (χ0v) is 15.7. The highest BCUT2D eigenvalue weighted by Crippen LogP contribution is 2.30. The smallest absolute Gasteiger partial charge is 0.228 e. The number of carbonyl (C=O) groups is 1. The number of nitrogens with one attached hydrogen (secondary N) is 1. The Morgan fingerprint density at radius 1 is 1.19 bits per heavy atom. The van der Waals surface area contributed by atoms with Gasteiger partial charge >= 0.3 is 0 Å². The van der Waals surface area contributed by atoms with Gasteiger partial charge in [0, 0.05) is 19.2 Å². The summed E-state index contributed by atoms with van der Waals surface area (Å²) < 4.78 is 23.6. The second-order valence-electron chi connectivity index (χ2n) is 6.76. The molecule has 2 aromatic carbocycles. The average molecular weight is 372 g/mol. The predicted molar refractivity (Wildman–Crippen MR) is 103 cm³/mol. The van der Waals surface area contributed by atoms with Gasteiger partial charge in [-0.2, -0.15) is 0 Å². The maximum Gasteiger partial charge on any atom is 0.228 e. The number of piperidine rings is 1. The number of ether oxygens (including phenoxy) is 2. The molecule has 1 aliphatic rings. The van der Waals surface area contributed by atoms with Crippen LogP contribution in [0.25, 0.3) is 0 Å². The molecule has 0 radical (unpaired) electrons. The highest BCUT2D eigenvalue weighted by atomic mass is 19.1. The zero-order chi connectivity index (χ0) is 19.2. The number of benzene rings is 2. The molecule has 6 heteroatoms. The van der Waals surface area contributed by atoms with Crippen LogP contribution in [0.1, 0.15) is 18.4 Å². The molecule has 0 bridgehead atoms. The fraction of sp³-hybridized carbons (Fsp3) is 0.381. The second kappa shape index (κ2) is 8.86. The minimum Gasteiger partial charge on any atom is -0.497 e. The lowest BCUT2D eigenvalue weighted by Gasteiger charge is -2.32. The molecule has 1 amide bonds. The van der Waals surface area contributed by atoms with Gasteiger partial charge in [-0.25, -0.2) is 4.39 Å². The van der Waals surface area contributed by atoms with Crippen LogP contribution in [0.15, 0.2) is 42.5 Å². The van der Waals surface area contributed by atoms with E-state index in [1.807, 2.05) is 0 Å². The summed E-state index contributed by atoms with van der Waals surface area (Å²) >= 11 is 0. The van der Waals surface area contributed by atoms with Crippen molar-refractivity contribution < 1.29 is 18.7 Å². The van der Waals surface area contributed by atoms with E-state index in [0.29, 0.717) is 30.3 Å². The summed E-state index contributed by atoms with van der Waals surface area (Å²) in [5.41, 5.74) is 1.66. The lowest BCUT2D eigenvalue weighted by molar-refractivity contribution is -0.121. The van der Waals surface area contributed by atoms with Crippen LogP contribution in [0.3, 0.4) is 0 Å². The third kappa shape index (κ3) is 4.98. The summed E-state index contributed by atoms with van der Waals surface area (Å²) in [6.45, 7) is 2.33. The highest BCUT2D eigenvalue weighted by Gasteiger charge is 2.26. The molecule has 0 spiro atoms. The number of likely N-dealkylation sites (tertiary alicyclic amines) is 1. The summed E-state index contributed by atoms with van der Waals surface area (Å²) in [6, 6.07) is 11.9. The second-order valence-corrected chi connectivity index (χ2v) is 6.76. The van der Waals surface area contributed by atoms with Gasteiger partial charge in [0.25, 0.3) is 0 Å². The number of halogens is 1. The molecule has 0 saturated carbocycles. The minimum atomic E-state index is -0.234. The first-order valence-electron chi connectivity index (χ1n) is 9.08. The molecule has 1 aliphatic heterocycles. The Bertz CT molecular complexity index is 779. The molecular formula is C21H25FN2O3. The van der Waals surface area contributed by atoms with Crippen molar-refractivity contribution in [1.29, 1.82) is 0 Å². The van der Waals surface area contributed by atoms with E-state index < -0.39 is 0 Å². The van der Waals surface area contributed by atoms with E-state index in [9.17, 15) is 9.18 Å². The van der Waals surface area contributed by atoms with Crippen molar-refractivity contribution in [2.45, 2.75) is 19.4 Å². The van der Waals surface area contributed by atoms with Gasteiger partial charge in [0.2, 0.25) is 5.91 Å². The van der Waals surface area contributed by atoms with Crippen LogP contribution in [-0.2, 0) is 11.3 Å². The van der Waals surface area contributed by atoms with Crippen molar-refractivity contribution >= 4 is 11.6 Å². The SMILES string of the molecule is COc1ccc(OC)c(NC(=O)[C@@H]2CCCN(Cc3ccc(F)cc3)C2)c1. The Morgan fingerprint density at radius 2 is 1.96 bits per heavy atom. The van der Waals surface area contributed by atoms with Gasteiger partial charge < -0.3 is 14.8 Å². The third-order valence-corrected chi connectivity index (χ3v) is 4.86. The van der Waals surface area contributed by atoms with Gasteiger partial charge in [0.1, 0.15) is 17.3 Å². The Morgan fingerprint density at radius 3 is 2.67 bits per heavy atom. The Balaban J connectivity index is 1.63. The quantitative estimate of drug-likeness (QED) is 0.840. The van der Waals surface area contributed by atoms with Crippen molar-refractivity contribution in [2.24, 2.45) is 5.92 Å². The topological polar surface area (TPSA) is 50.8 Å². The zero-order valence-electron chi connectivity index (χ0n) is 15.7. The summed E-state index contributed by atoms with van der Waals surface area (Å²) in [6.07, 6.45) is 1.80. The molecule has 1 N–H and O–H groups in total. The number of hydrogen-bond acceptors (Lipinski definition) is 4. The first-order chi connectivity index (χ1) is 13.1. The van der Waals surface area contributed by atoms with Crippen molar-refractivity contribution in [3.63, 3.8) is 0 Å².